The van der Waals surface area contributed by atoms with Crippen LogP contribution in [-0.4, -0.2) is 29.5 Å². The fourth-order valence-electron chi connectivity index (χ4n) is 2.20. The first-order valence-corrected chi connectivity index (χ1v) is 7.30. The molecular weight excluding hydrogens is 230 g/mol. The van der Waals surface area contributed by atoms with E-state index in [1.165, 1.54) is 49.3 Å². The van der Waals surface area contributed by atoms with Crippen LogP contribution in [0.2, 0.25) is 0 Å². The van der Waals surface area contributed by atoms with Gasteiger partial charge in [0.2, 0.25) is 0 Å². The Bertz CT molecular complexity index is 384. The van der Waals surface area contributed by atoms with E-state index in [2.05, 4.69) is 28.3 Å². The maximum atomic E-state index is 5.68. The molecule has 2 rings (SSSR count). The predicted molar refractivity (Wildman–Crippen MR) is 75.1 cm³/mol. The second-order valence-electron chi connectivity index (χ2n) is 4.57. The SMILES string of the molecule is CCCCCN1CCC=C(c2csc(N)n2)C1. The Hall–Kier alpha value is -0.870. The summed E-state index contributed by atoms with van der Waals surface area (Å²) in [6.07, 6.45) is 7.38. The lowest BCUT2D eigenvalue weighted by atomic mass is 10.1. The molecule has 2 heterocycles. The van der Waals surface area contributed by atoms with E-state index in [1.807, 2.05) is 0 Å². The van der Waals surface area contributed by atoms with Gasteiger partial charge < -0.3 is 5.73 Å². The van der Waals surface area contributed by atoms with Crippen molar-refractivity contribution in [2.24, 2.45) is 0 Å². The minimum Gasteiger partial charge on any atom is -0.375 e. The second kappa shape index (κ2) is 6.17. The van der Waals surface area contributed by atoms with Crippen molar-refractivity contribution >= 4 is 22.0 Å². The number of nitrogen functional groups attached to an aromatic ring is 1. The smallest absolute Gasteiger partial charge is 0.180 e. The van der Waals surface area contributed by atoms with Crippen LogP contribution in [0.15, 0.2) is 11.5 Å². The summed E-state index contributed by atoms with van der Waals surface area (Å²) < 4.78 is 0. The number of rotatable bonds is 5. The van der Waals surface area contributed by atoms with E-state index in [-0.39, 0.29) is 0 Å². The first-order valence-electron chi connectivity index (χ1n) is 6.42. The Morgan fingerprint density at radius 1 is 1.47 bits per heavy atom. The molecule has 0 atom stereocenters. The van der Waals surface area contributed by atoms with Gasteiger partial charge >= 0.3 is 0 Å². The zero-order valence-electron chi connectivity index (χ0n) is 10.5. The third kappa shape index (κ3) is 3.54. The van der Waals surface area contributed by atoms with Crippen molar-refractivity contribution in [1.29, 1.82) is 0 Å². The van der Waals surface area contributed by atoms with Crippen molar-refractivity contribution in [3.05, 3.63) is 17.2 Å². The molecule has 2 N–H and O–H groups in total. The molecule has 0 spiro atoms. The highest BCUT2D eigenvalue weighted by Crippen LogP contribution is 2.23. The van der Waals surface area contributed by atoms with Crippen molar-refractivity contribution in [3.63, 3.8) is 0 Å². The fraction of sp³-hybridized carbons (Fsp3) is 0.615. The minimum atomic E-state index is 0.670. The highest BCUT2D eigenvalue weighted by atomic mass is 32.1. The van der Waals surface area contributed by atoms with E-state index in [0.29, 0.717) is 5.13 Å². The quantitative estimate of drug-likeness (QED) is 0.818. The molecule has 1 aliphatic heterocycles. The van der Waals surface area contributed by atoms with Crippen LogP contribution in [0.5, 0.6) is 0 Å². The monoisotopic (exact) mass is 251 g/mol. The number of hydrogen-bond donors (Lipinski definition) is 1. The molecule has 0 amide bonds. The van der Waals surface area contributed by atoms with Gasteiger partial charge in [0.05, 0.1) is 5.69 Å². The van der Waals surface area contributed by atoms with Crippen LogP contribution >= 0.6 is 11.3 Å². The maximum absolute atomic E-state index is 5.68. The molecule has 0 bridgehead atoms. The van der Waals surface area contributed by atoms with Crippen LogP contribution in [0.3, 0.4) is 0 Å². The fourth-order valence-corrected chi connectivity index (χ4v) is 2.79. The Balaban J connectivity index is 1.90. The summed E-state index contributed by atoms with van der Waals surface area (Å²) in [6.45, 7) is 5.68. The molecular formula is C13H21N3S. The van der Waals surface area contributed by atoms with Gasteiger partial charge in [-0.2, -0.15) is 0 Å². The summed E-state index contributed by atoms with van der Waals surface area (Å²) in [5.41, 5.74) is 8.11. The number of hydrogen-bond acceptors (Lipinski definition) is 4. The summed E-state index contributed by atoms with van der Waals surface area (Å²) in [4.78, 5) is 6.89. The molecule has 0 radical (unpaired) electrons. The second-order valence-corrected chi connectivity index (χ2v) is 5.46. The molecule has 94 valence electrons. The molecule has 0 unspecified atom stereocenters. The van der Waals surface area contributed by atoms with Crippen molar-refractivity contribution in [2.75, 3.05) is 25.4 Å². The molecule has 1 aromatic heterocycles. The maximum Gasteiger partial charge on any atom is 0.180 e. The van der Waals surface area contributed by atoms with E-state index < -0.39 is 0 Å². The van der Waals surface area contributed by atoms with E-state index >= 15 is 0 Å². The van der Waals surface area contributed by atoms with Crippen LogP contribution in [0, 0.1) is 0 Å². The average molecular weight is 251 g/mol. The Kier molecular flexibility index (Phi) is 4.57. The number of anilines is 1. The van der Waals surface area contributed by atoms with Gasteiger partial charge in [0.15, 0.2) is 5.13 Å². The lowest BCUT2D eigenvalue weighted by molar-refractivity contribution is 0.297. The van der Waals surface area contributed by atoms with Crippen LogP contribution in [-0.2, 0) is 0 Å². The Morgan fingerprint density at radius 2 is 2.35 bits per heavy atom. The van der Waals surface area contributed by atoms with Crippen molar-refractivity contribution in [2.45, 2.75) is 32.6 Å². The Labute approximate surface area is 107 Å². The third-order valence-electron chi connectivity index (χ3n) is 3.16. The van der Waals surface area contributed by atoms with Crippen LogP contribution < -0.4 is 5.73 Å². The molecule has 1 aromatic rings. The van der Waals surface area contributed by atoms with E-state index in [0.717, 1.165) is 18.7 Å². The predicted octanol–water partition coefficient (Wildman–Crippen LogP) is 3.00. The normalized spacial score (nSPS) is 17.1. The number of nitrogens with zero attached hydrogens (tertiary/aromatic N) is 2. The molecule has 0 aliphatic carbocycles. The zero-order chi connectivity index (χ0) is 12.1. The van der Waals surface area contributed by atoms with Crippen LogP contribution in [0.1, 0.15) is 38.3 Å². The van der Waals surface area contributed by atoms with Gasteiger partial charge in [0, 0.05) is 18.5 Å². The first kappa shape index (κ1) is 12.6. The molecule has 4 heteroatoms. The van der Waals surface area contributed by atoms with Gasteiger partial charge in [-0.25, -0.2) is 4.98 Å². The highest BCUT2D eigenvalue weighted by molar-refractivity contribution is 7.13. The van der Waals surface area contributed by atoms with Crippen LogP contribution in [0.4, 0.5) is 5.13 Å². The van der Waals surface area contributed by atoms with Gasteiger partial charge in [-0.15, -0.1) is 11.3 Å². The summed E-state index contributed by atoms with van der Waals surface area (Å²) in [6, 6.07) is 0. The van der Waals surface area contributed by atoms with Gasteiger partial charge in [-0.3, -0.25) is 4.90 Å². The molecule has 1 aliphatic rings. The van der Waals surface area contributed by atoms with E-state index in [4.69, 9.17) is 5.73 Å². The van der Waals surface area contributed by atoms with Crippen LogP contribution in [0.25, 0.3) is 5.57 Å². The number of thiazole rings is 1. The summed E-state index contributed by atoms with van der Waals surface area (Å²) in [5.74, 6) is 0. The minimum absolute atomic E-state index is 0.670. The van der Waals surface area contributed by atoms with E-state index in [1.54, 1.807) is 0 Å². The molecule has 3 nitrogen and oxygen atoms in total. The molecule has 0 aromatic carbocycles. The lowest BCUT2D eigenvalue weighted by Gasteiger charge is -2.26. The van der Waals surface area contributed by atoms with E-state index in [9.17, 15) is 0 Å². The number of aromatic nitrogens is 1. The first-order chi connectivity index (χ1) is 8.29. The summed E-state index contributed by atoms with van der Waals surface area (Å²) in [7, 11) is 0. The standard InChI is InChI=1S/C13H21N3S/c1-2-3-4-7-16-8-5-6-11(9-16)12-10-17-13(14)15-12/h6,10H,2-5,7-9H2,1H3,(H2,14,15). The van der Waals surface area contributed by atoms with Crippen molar-refractivity contribution in [1.82, 2.24) is 9.88 Å². The molecule has 0 saturated heterocycles. The average Bonchev–Trinajstić information content (AvgIpc) is 2.77. The van der Waals surface area contributed by atoms with Gasteiger partial charge in [-0.1, -0.05) is 25.8 Å². The summed E-state index contributed by atoms with van der Waals surface area (Å²) in [5, 5.41) is 2.74. The molecule has 0 fully saturated rings. The van der Waals surface area contributed by atoms with Gasteiger partial charge in [0.25, 0.3) is 0 Å². The highest BCUT2D eigenvalue weighted by Gasteiger charge is 2.15. The topological polar surface area (TPSA) is 42.1 Å². The van der Waals surface area contributed by atoms with Gasteiger partial charge in [-0.05, 0) is 25.0 Å². The number of unbranched alkanes of at least 4 members (excludes halogenated alkanes) is 2. The third-order valence-corrected chi connectivity index (χ3v) is 3.83. The number of nitrogens with two attached hydrogens (primary N) is 1. The summed E-state index contributed by atoms with van der Waals surface area (Å²) >= 11 is 1.53. The van der Waals surface area contributed by atoms with Crippen molar-refractivity contribution in [3.8, 4) is 0 Å². The lowest BCUT2D eigenvalue weighted by Crippen LogP contribution is -2.30. The Morgan fingerprint density at radius 3 is 3.06 bits per heavy atom. The molecule has 17 heavy (non-hydrogen) atoms. The van der Waals surface area contributed by atoms with Gasteiger partial charge in [0.1, 0.15) is 0 Å². The van der Waals surface area contributed by atoms with Crippen molar-refractivity contribution < 1.29 is 0 Å². The molecule has 0 saturated carbocycles. The largest absolute Gasteiger partial charge is 0.375 e. The zero-order valence-corrected chi connectivity index (χ0v) is 11.3.